The molecule has 1 rings (SSSR count). The first-order chi connectivity index (χ1) is 9.60. The minimum Gasteiger partial charge on any atom is -0.480 e. The second-order valence-electron chi connectivity index (χ2n) is 4.41. The number of carbonyl (C=O) groups excluding carboxylic acids is 1. The fraction of sp³-hybridized carbons (Fsp3) is 0.333. The van der Waals surface area contributed by atoms with Crippen molar-refractivity contribution in [3.63, 3.8) is 0 Å². The normalized spacial score (nSPS) is 12.7. The molecule has 0 spiro atoms. The first-order valence-electron chi connectivity index (χ1n) is 5.76. The molecule has 1 amide bonds. The van der Waals surface area contributed by atoms with E-state index >= 15 is 0 Å². The van der Waals surface area contributed by atoms with Gasteiger partial charge in [0.2, 0.25) is 0 Å². The molecule has 0 aliphatic carbocycles. The molecule has 0 saturated heterocycles. The van der Waals surface area contributed by atoms with E-state index in [0.717, 1.165) is 18.4 Å². The number of hydrogen-bond donors (Lipinski definition) is 2. The number of halogens is 2. The van der Waals surface area contributed by atoms with E-state index in [1.165, 1.54) is 6.07 Å². The molecule has 1 aromatic rings. The molecule has 0 aliphatic rings. The predicted molar refractivity (Wildman–Crippen MR) is 82.3 cm³/mol. The van der Waals surface area contributed by atoms with Crippen molar-refractivity contribution >= 4 is 44.3 Å². The maximum atomic E-state index is 13.0. The zero-order valence-corrected chi connectivity index (χ0v) is 13.9. The van der Waals surface area contributed by atoms with Gasteiger partial charge in [-0.1, -0.05) is 0 Å². The van der Waals surface area contributed by atoms with E-state index in [0.29, 0.717) is 3.57 Å². The van der Waals surface area contributed by atoms with E-state index in [9.17, 15) is 22.4 Å². The number of amides is 1. The Morgan fingerprint density at radius 2 is 2.05 bits per heavy atom. The molecule has 1 unspecified atom stereocenters. The third-order valence-electron chi connectivity index (χ3n) is 2.56. The molecule has 0 bridgehead atoms. The molecule has 0 heterocycles. The third kappa shape index (κ3) is 5.96. The highest BCUT2D eigenvalue weighted by Crippen LogP contribution is 2.14. The quantitative estimate of drug-likeness (QED) is 0.659. The lowest BCUT2D eigenvalue weighted by atomic mass is 10.1. The smallest absolute Gasteiger partial charge is 0.326 e. The van der Waals surface area contributed by atoms with Gasteiger partial charge in [-0.3, -0.25) is 4.79 Å². The molecule has 0 aromatic heterocycles. The van der Waals surface area contributed by atoms with Gasteiger partial charge in [0.15, 0.2) is 0 Å². The Labute approximate surface area is 134 Å². The van der Waals surface area contributed by atoms with Crippen LogP contribution < -0.4 is 5.32 Å². The summed E-state index contributed by atoms with van der Waals surface area (Å²) in [4.78, 5) is 23.0. The first kappa shape index (κ1) is 17.8. The Hall–Kier alpha value is -1.23. The second-order valence-corrected chi connectivity index (χ2v) is 7.83. The van der Waals surface area contributed by atoms with E-state index in [1.807, 2.05) is 0 Å². The molecular formula is C12H13FINO5S. The number of hydrogen-bond acceptors (Lipinski definition) is 4. The highest BCUT2D eigenvalue weighted by molar-refractivity contribution is 14.1. The summed E-state index contributed by atoms with van der Waals surface area (Å²) in [5, 5.41) is 11.2. The number of carboxylic acids is 1. The monoisotopic (exact) mass is 429 g/mol. The average molecular weight is 429 g/mol. The van der Waals surface area contributed by atoms with Crippen molar-refractivity contribution in [2.24, 2.45) is 0 Å². The van der Waals surface area contributed by atoms with Crippen LogP contribution in [0.15, 0.2) is 18.2 Å². The lowest BCUT2D eigenvalue weighted by Crippen LogP contribution is -2.42. The minimum absolute atomic E-state index is 0.127. The first-order valence-corrected chi connectivity index (χ1v) is 8.90. The molecule has 1 aromatic carbocycles. The van der Waals surface area contributed by atoms with Gasteiger partial charge < -0.3 is 10.4 Å². The van der Waals surface area contributed by atoms with Crippen LogP contribution in [0.1, 0.15) is 16.8 Å². The molecule has 9 heteroatoms. The lowest BCUT2D eigenvalue weighted by Gasteiger charge is -2.14. The van der Waals surface area contributed by atoms with Gasteiger partial charge in [-0.25, -0.2) is 17.6 Å². The Balaban J connectivity index is 2.84. The van der Waals surface area contributed by atoms with E-state index < -0.39 is 33.6 Å². The van der Waals surface area contributed by atoms with Crippen molar-refractivity contribution in [1.82, 2.24) is 5.32 Å². The number of carboxylic acid groups (broad SMARTS) is 1. The zero-order chi connectivity index (χ0) is 16.2. The minimum atomic E-state index is -3.33. The number of sulfone groups is 1. The van der Waals surface area contributed by atoms with Crippen molar-refractivity contribution < 1.29 is 27.5 Å². The largest absolute Gasteiger partial charge is 0.480 e. The van der Waals surface area contributed by atoms with Crippen LogP contribution in [0.4, 0.5) is 4.39 Å². The average Bonchev–Trinajstić information content (AvgIpc) is 2.32. The van der Waals surface area contributed by atoms with Gasteiger partial charge in [0.05, 0.1) is 11.3 Å². The number of benzene rings is 1. The van der Waals surface area contributed by atoms with Gasteiger partial charge in [-0.2, -0.15) is 0 Å². The van der Waals surface area contributed by atoms with Crippen LogP contribution in [-0.2, 0) is 14.6 Å². The van der Waals surface area contributed by atoms with Crippen molar-refractivity contribution in [3.05, 3.63) is 33.1 Å². The Bertz CT molecular complexity index is 662. The summed E-state index contributed by atoms with van der Waals surface area (Å²) in [6, 6.07) is 2.14. The van der Waals surface area contributed by atoms with Crippen LogP contribution in [0.5, 0.6) is 0 Å². The zero-order valence-electron chi connectivity index (χ0n) is 11.0. The summed E-state index contributed by atoms with van der Waals surface area (Å²) < 4.78 is 35.4. The van der Waals surface area contributed by atoms with Gasteiger partial charge in [0.25, 0.3) is 5.91 Å². The summed E-state index contributed by atoms with van der Waals surface area (Å²) >= 11 is 1.76. The fourth-order valence-corrected chi connectivity index (χ4v) is 2.89. The summed E-state index contributed by atoms with van der Waals surface area (Å²) in [7, 11) is -3.33. The van der Waals surface area contributed by atoms with Crippen molar-refractivity contribution in [2.75, 3.05) is 12.0 Å². The Morgan fingerprint density at radius 1 is 1.43 bits per heavy atom. The van der Waals surface area contributed by atoms with Gasteiger partial charge in [0, 0.05) is 9.83 Å². The number of carbonyl (C=O) groups is 2. The molecule has 2 N–H and O–H groups in total. The maximum Gasteiger partial charge on any atom is 0.326 e. The van der Waals surface area contributed by atoms with Crippen molar-refractivity contribution in [1.29, 1.82) is 0 Å². The lowest BCUT2D eigenvalue weighted by molar-refractivity contribution is -0.139. The van der Waals surface area contributed by atoms with Crippen LogP contribution in [0.2, 0.25) is 0 Å². The Kier molecular flexibility index (Phi) is 6.08. The van der Waals surface area contributed by atoms with Crippen LogP contribution in [-0.4, -0.2) is 43.5 Å². The summed E-state index contributed by atoms with van der Waals surface area (Å²) in [5.74, 6) is -2.89. The number of aliphatic carboxylic acids is 1. The topological polar surface area (TPSA) is 101 Å². The van der Waals surface area contributed by atoms with Gasteiger partial charge in [-0.05, 0) is 47.2 Å². The van der Waals surface area contributed by atoms with Crippen molar-refractivity contribution in [2.45, 2.75) is 12.5 Å². The predicted octanol–water partition coefficient (Wildman–Crippen LogP) is 1.05. The van der Waals surface area contributed by atoms with Crippen LogP contribution in [0.25, 0.3) is 0 Å². The van der Waals surface area contributed by atoms with Gasteiger partial charge >= 0.3 is 5.97 Å². The number of rotatable bonds is 6. The molecule has 0 aliphatic heterocycles. The second kappa shape index (κ2) is 7.16. The van der Waals surface area contributed by atoms with E-state index in [4.69, 9.17) is 5.11 Å². The van der Waals surface area contributed by atoms with Crippen molar-refractivity contribution in [3.8, 4) is 0 Å². The summed E-state index contributed by atoms with van der Waals surface area (Å²) in [5.41, 5.74) is 0.127. The molecule has 1 atom stereocenters. The summed E-state index contributed by atoms with van der Waals surface area (Å²) in [6.45, 7) is 0. The molecule has 21 heavy (non-hydrogen) atoms. The van der Waals surface area contributed by atoms with E-state index in [1.54, 1.807) is 22.6 Å². The van der Waals surface area contributed by atoms with E-state index in [-0.39, 0.29) is 17.7 Å². The van der Waals surface area contributed by atoms with E-state index in [2.05, 4.69) is 5.32 Å². The maximum absolute atomic E-state index is 13.0. The fourth-order valence-electron chi connectivity index (χ4n) is 1.50. The van der Waals surface area contributed by atoms with Crippen LogP contribution in [0, 0.1) is 9.39 Å². The SMILES string of the molecule is CS(=O)(=O)CCC(NC(=O)c1ccc(F)cc1I)C(=O)O. The van der Waals surface area contributed by atoms with Gasteiger partial charge in [-0.15, -0.1) is 0 Å². The molecule has 0 saturated carbocycles. The molecule has 0 fully saturated rings. The van der Waals surface area contributed by atoms with Gasteiger partial charge in [0.1, 0.15) is 21.7 Å². The highest BCUT2D eigenvalue weighted by atomic mass is 127. The highest BCUT2D eigenvalue weighted by Gasteiger charge is 2.23. The van der Waals surface area contributed by atoms with Crippen LogP contribution >= 0.6 is 22.6 Å². The van der Waals surface area contributed by atoms with Crippen LogP contribution in [0.3, 0.4) is 0 Å². The summed E-state index contributed by atoms with van der Waals surface area (Å²) in [6.07, 6.45) is 0.744. The third-order valence-corrected chi connectivity index (χ3v) is 4.43. The Morgan fingerprint density at radius 3 is 2.52 bits per heavy atom. The molecule has 6 nitrogen and oxygen atoms in total. The number of nitrogens with one attached hydrogen (secondary N) is 1. The molecular weight excluding hydrogens is 416 g/mol. The standard InChI is InChI=1S/C12H13FINO5S/c1-21(19,20)5-4-10(12(17)18)15-11(16)8-3-2-7(13)6-9(8)14/h2-3,6,10H,4-5H2,1H3,(H,15,16)(H,17,18). The molecule has 116 valence electrons. The molecule has 0 radical (unpaired) electrons.